The van der Waals surface area contributed by atoms with Gasteiger partial charge in [0.2, 0.25) is 5.91 Å². The largest absolute Gasteiger partial charge is 0.338 e. The smallest absolute Gasteiger partial charge is 0.246 e. The summed E-state index contributed by atoms with van der Waals surface area (Å²) in [7, 11) is 0. The van der Waals surface area contributed by atoms with Crippen LogP contribution >= 0.6 is 0 Å². The molecular formula is C22H27N3O2. The van der Waals surface area contributed by atoms with E-state index in [1.807, 2.05) is 76.2 Å². The Hall–Kier alpha value is -2.66. The van der Waals surface area contributed by atoms with E-state index in [0.29, 0.717) is 6.54 Å². The van der Waals surface area contributed by atoms with E-state index in [-0.39, 0.29) is 18.2 Å². The molecule has 1 unspecified atom stereocenters. The Balaban J connectivity index is 2.12. The van der Waals surface area contributed by atoms with E-state index in [0.717, 1.165) is 22.6 Å². The van der Waals surface area contributed by atoms with Gasteiger partial charge in [-0.2, -0.15) is 0 Å². The van der Waals surface area contributed by atoms with Crippen molar-refractivity contribution in [2.75, 3.05) is 22.9 Å². The molecule has 1 amide bonds. The molecule has 5 nitrogen and oxygen atoms in total. The third kappa shape index (κ3) is 3.88. The first-order valence-electron chi connectivity index (χ1n) is 9.22. The lowest BCUT2D eigenvalue weighted by Crippen LogP contribution is -2.49. The quantitative estimate of drug-likeness (QED) is 0.905. The lowest BCUT2D eigenvalue weighted by Gasteiger charge is -2.28. The van der Waals surface area contributed by atoms with Crippen molar-refractivity contribution < 1.29 is 9.59 Å². The highest BCUT2D eigenvalue weighted by atomic mass is 16.2. The highest BCUT2D eigenvalue weighted by molar-refractivity contribution is 6.07. The van der Waals surface area contributed by atoms with Gasteiger partial charge in [-0.05, 0) is 36.8 Å². The zero-order chi connectivity index (χ0) is 19.8. The predicted molar refractivity (Wildman–Crippen MR) is 109 cm³/mol. The van der Waals surface area contributed by atoms with E-state index in [1.165, 1.54) is 0 Å². The maximum absolute atomic E-state index is 13.1. The number of benzene rings is 2. The van der Waals surface area contributed by atoms with Gasteiger partial charge < -0.3 is 15.5 Å². The third-order valence-electron chi connectivity index (χ3n) is 4.88. The van der Waals surface area contributed by atoms with Gasteiger partial charge in [0.1, 0.15) is 6.04 Å². The van der Waals surface area contributed by atoms with Crippen molar-refractivity contribution in [3.8, 4) is 0 Å². The number of hydrogen-bond acceptors (Lipinski definition) is 4. The van der Waals surface area contributed by atoms with Crippen molar-refractivity contribution in [2.24, 2.45) is 11.1 Å². The number of fused-ring (bicyclic) bond motifs is 1. The second-order valence-electron chi connectivity index (χ2n) is 8.14. The van der Waals surface area contributed by atoms with E-state index in [1.54, 1.807) is 4.90 Å². The zero-order valence-corrected chi connectivity index (χ0v) is 16.4. The lowest BCUT2D eigenvalue weighted by molar-refractivity contribution is -0.127. The first kappa shape index (κ1) is 19.1. The van der Waals surface area contributed by atoms with Crippen molar-refractivity contribution >= 4 is 28.8 Å². The summed E-state index contributed by atoms with van der Waals surface area (Å²) in [5, 5.41) is 0. The van der Waals surface area contributed by atoms with Crippen LogP contribution in [-0.4, -0.2) is 30.8 Å². The molecule has 142 valence electrons. The summed E-state index contributed by atoms with van der Waals surface area (Å²) in [4.78, 5) is 29.4. The Morgan fingerprint density at radius 3 is 2.41 bits per heavy atom. The van der Waals surface area contributed by atoms with Gasteiger partial charge in [-0.3, -0.25) is 9.59 Å². The maximum Gasteiger partial charge on any atom is 0.246 e. The number of rotatable bonds is 3. The van der Waals surface area contributed by atoms with Gasteiger partial charge in [0, 0.05) is 17.6 Å². The van der Waals surface area contributed by atoms with Crippen molar-refractivity contribution in [3.05, 3.63) is 54.1 Å². The van der Waals surface area contributed by atoms with Crippen LogP contribution in [0.4, 0.5) is 17.1 Å². The van der Waals surface area contributed by atoms with Crippen LogP contribution in [0.1, 0.15) is 26.3 Å². The van der Waals surface area contributed by atoms with Crippen LogP contribution in [0.5, 0.6) is 0 Å². The summed E-state index contributed by atoms with van der Waals surface area (Å²) < 4.78 is 0. The molecule has 1 aliphatic heterocycles. The summed E-state index contributed by atoms with van der Waals surface area (Å²) in [5.41, 5.74) is 9.34. The summed E-state index contributed by atoms with van der Waals surface area (Å²) in [5.74, 6) is -0.221. The van der Waals surface area contributed by atoms with Crippen LogP contribution in [0.2, 0.25) is 0 Å². The molecule has 0 bridgehead atoms. The van der Waals surface area contributed by atoms with E-state index in [4.69, 9.17) is 5.73 Å². The Morgan fingerprint density at radius 1 is 1.11 bits per heavy atom. The number of hydrogen-bond donors (Lipinski definition) is 1. The number of Topliss-reactive ketones (excluding diaryl/α,β-unsaturated/α-hetero) is 1. The molecule has 3 rings (SSSR count). The van der Waals surface area contributed by atoms with E-state index >= 15 is 0 Å². The second kappa shape index (κ2) is 7.16. The van der Waals surface area contributed by atoms with Crippen LogP contribution in [0.25, 0.3) is 0 Å². The van der Waals surface area contributed by atoms with Crippen LogP contribution in [0, 0.1) is 12.3 Å². The van der Waals surface area contributed by atoms with E-state index in [2.05, 4.69) is 4.90 Å². The predicted octanol–water partition coefficient (Wildman–Crippen LogP) is 3.42. The number of carbonyl (C=O) groups is 2. The molecule has 5 heteroatoms. The first-order chi connectivity index (χ1) is 12.7. The number of ketones is 1. The van der Waals surface area contributed by atoms with Gasteiger partial charge in [0.05, 0.1) is 17.9 Å². The number of para-hydroxylation sites is 1. The fourth-order valence-corrected chi connectivity index (χ4v) is 3.17. The number of nitrogens with two attached hydrogens (primary N) is 1. The van der Waals surface area contributed by atoms with Crippen LogP contribution < -0.4 is 15.5 Å². The zero-order valence-electron chi connectivity index (χ0n) is 16.4. The number of aryl methyl sites for hydroxylation is 1. The van der Waals surface area contributed by atoms with Crippen LogP contribution in [-0.2, 0) is 9.59 Å². The minimum Gasteiger partial charge on any atom is -0.338 e. The fourth-order valence-electron chi connectivity index (χ4n) is 3.17. The molecule has 2 aromatic carbocycles. The van der Waals surface area contributed by atoms with E-state index < -0.39 is 11.5 Å². The normalized spacial score (nSPS) is 17.5. The number of carbonyl (C=O) groups excluding carboxylic acids is 2. The average Bonchev–Trinajstić information content (AvgIpc) is 2.72. The SMILES string of the molecule is Cc1ccc2c(c1)N(CC(=O)C(C)(C)C)C(=O)C(N)CN2c1ccccc1. The van der Waals surface area contributed by atoms with E-state index in [9.17, 15) is 9.59 Å². The Labute approximate surface area is 160 Å². The summed E-state index contributed by atoms with van der Waals surface area (Å²) >= 11 is 0. The van der Waals surface area contributed by atoms with Crippen LogP contribution in [0.15, 0.2) is 48.5 Å². The molecule has 27 heavy (non-hydrogen) atoms. The molecule has 0 saturated carbocycles. The molecule has 1 atom stereocenters. The van der Waals surface area contributed by atoms with Crippen molar-refractivity contribution in [2.45, 2.75) is 33.7 Å². The van der Waals surface area contributed by atoms with Crippen molar-refractivity contribution in [1.82, 2.24) is 0 Å². The number of anilines is 3. The highest BCUT2D eigenvalue weighted by Gasteiger charge is 2.35. The van der Waals surface area contributed by atoms with Gasteiger partial charge in [-0.15, -0.1) is 0 Å². The molecule has 0 aromatic heterocycles. The molecule has 0 aliphatic carbocycles. The molecule has 0 saturated heterocycles. The van der Waals surface area contributed by atoms with Gasteiger partial charge >= 0.3 is 0 Å². The Bertz CT molecular complexity index is 856. The monoisotopic (exact) mass is 365 g/mol. The standard InChI is InChI=1S/C22H27N3O2/c1-15-10-11-18-19(12-15)25(14-20(26)22(2,3)4)21(27)17(23)13-24(18)16-8-6-5-7-9-16/h5-12,17H,13-14,23H2,1-4H3. The Morgan fingerprint density at radius 2 is 1.78 bits per heavy atom. The number of amides is 1. The molecule has 0 radical (unpaired) electrons. The molecule has 1 aliphatic rings. The average molecular weight is 365 g/mol. The minimum atomic E-state index is -0.717. The summed E-state index contributed by atoms with van der Waals surface area (Å²) in [6.07, 6.45) is 0. The molecule has 1 heterocycles. The number of nitrogens with zero attached hydrogens (tertiary/aromatic N) is 2. The topological polar surface area (TPSA) is 66.6 Å². The Kier molecular flexibility index (Phi) is 5.07. The van der Waals surface area contributed by atoms with Crippen LogP contribution in [0.3, 0.4) is 0 Å². The minimum absolute atomic E-state index is 0.00340. The molecule has 0 spiro atoms. The highest BCUT2D eigenvalue weighted by Crippen LogP contribution is 2.38. The lowest BCUT2D eigenvalue weighted by atomic mass is 9.90. The molecular weight excluding hydrogens is 338 g/mol. The van der Waals surface area contributed by atoms with Crippen molar-refractivity contribution in [3.63, 3.8) is 0 Å². The fraction of sp³-hybridized carbons (Fsp3) is 0.364. The molecule has 2 N–H and O–H groups in total. The molecule has 2 aromatic rings. The van der Waals surface area contributed by atoms with Gasteiger partial charge in [-0.25, -0.2) is 0 Å². The van der Waals surface area contributed by atoms with Gasteiger partial charge in [-0.1, -0.05) is 45.0 Å². The third-order valence-corrected chi connectivity index (χ3v) is 4.88. The van der Waals surface area contributed by atoms with Crippen molar-refractivity contribution in [1.29, 1.82) is 0 Å². The first-order valence-corrected chi connectivity index (χ1v) is 9.22. The van der Waals surface area contributed by atoms with Gasteiger partial charge in [0.15, 0.2) is 5.78 Å². The second-order valence-corrected chi connectivity index (χ2v) is 8.14. The summed E-state index contributed by atoms with van der Waals surface area (Å²) in [6, 6.07) is 15.1. The summed E-state index contributed by atoms with van der Waals surface area (Å²) in [6.45, 7) is 7.96. The maximum atomic E-state index is 13.1. The molecule has 0 fully saturated rings. The van der Waals surface area contributed by atoms with Gasteiger partial charge in [0.25, 0.3) is 0 Å².